The summed E-state index contributed by atoms with van der Waals surface area (Å²) in [6, 6.07) is 4.65. The molecule has 0 amide bonds. The standard InChI is InChI=1S/C9H18BrSi/c1-8(2)7-11-5-3-9(10)4-6-11/h8-9H,3-7H2,1-2H3. The lowest BCUT2D eigenvalue weighted by molar-refractivity contribution is 0.690. The minimum absolute atomic E-state index is 0.0898. The van der Waals surface area contributed by atoms with Crippen LogP contribution in [0.25, 0.3) is 0 Å². The van der Waals surface area contributed by atoms with Crippen LogP contribution < -0.4 is 0 Å². The van der Waals surface area contributed by atoms with Crippen LogP contribution in [0.1, 0.15) is 26.7 Å². The van der Waals surface area contributed by atoms with Gasteiger partial charge < -0.3 is 0 Å². The van der Waals surface area contributed by atoms with Crippen LogP contribution in [0.5, 0.6) is 0 Å². The molecule has 0 bridgehead atoms. The minimum atomic E-state index is 0.0898. The van der Waals surface area contributed by atoms with Crippen molar-refractivity contribution in [3.8, 4) is 0 Å². The lowest BCUT2D eigenvalue weighted by atomic mass is 10.2. The van der Waals surface area contributed by atoms with Crippen LogP contribution in [0.2, 0.25) is 18.1 Å². The maximum absolute atomic E-state index is 3.70. The Morgan fingerprint density at radius 2 is 1.91 bits per heavy atom. The van der Waals surface area contributed by atoms with Crippen molar-refractivity contribution >= 4 is 24.7 Å². The van der Waals surface area contributed by atoms with E-state index >= 15 is 0 Å². The molecular formula is C9H18BrSi. The molecule has 11 heavy (non-hydrogen) atoms. The van der Waals surface area contributed by atoms with E-state index in [9.17, 15) is 0 Å². The minimum Gasteiger partial charge on any atom is -0.0891 e. The fourth-order valence-corrected chi connectivity index (χ4v) is 6.40. The first-order valence-corrected chi connectivity index (χ1v) is 7.70. The highest BCUT2D eigenvalue weighted by Gasteiger charge is 2.20. The molecule has 1 aliphatic heterocycles. The van der Waals surface area contributed by atoms with Gasteiger partial charge in [0.1, 0.15) is 0 Å². The van der Waals surface area contributed by atoms with Gasteiger partial charge in [-0.15, -0.1) is 0 Å². The first kappa shape index (κ1) is 9.78. The first-order valence-electron chi connectivity index (χ1n) is 4.66. The average molecular weight is 234 g/mol. The zero-order valence-corrected chi connectivity index (χ0v) is 10.2. The van der Waals surface area contributed by atoms with Crippen molar-refractivity contribution in [1.82, 2.24) is 0 Å². The summed E-state index contributed by atoms with van der Waals surface area (Å²) in [5.74, 6) is 0.941. The molecule has 1 fully saturated rings. The van der Waals surface area contributed by atoms with E-state index in [2.05, 4.69) is 29.8 Å². The van der Waals surface area contributed by atoms with E-state index in [1.54, 1.807) is 18.1 Å². The summed E-state index contributed by atoms with van der Waals surface area (Å²) in [7, 11) is 0.0898. The van der Waals surface area contributed by atoms with E-state index in [4.69, 9.17) is 0 Å². The predicted octanol–water partition coefficient (Wildman–Crippen LogP) is 3.69. The SMILES string of the molecule is CC(C)C[Si]1CCC(Br)CC1. The van der Waals surface area contributed by atoms with Gasteiger partial charge in [0.15, 0.2) is 0 Å². The van der Waals surface area contributed by atoms with Crippen LogP contribution in [-0.2, 0) is 0 Å². The Bertz CT molecular complexity index is 106. The molecule has 1 rings (SSSR count). The van der Waals surface area contributed by atoms with Crippen molar-refractivity contribution in [2.45, 2.75) is 49.6 Å². The number of hydrogen-bond acceptors (Lipinski definition) is 0. The molecule has 0 aromatic rings. The molecule has 0 unspecified atom stereocenters. The zero-order chi connectivity index (χ0) is 8.27. The molecule has 1 saturated heterocycles. The molecule has 0 aromatic heterocycles. The summed E-state index contributed by atoms with van der Waals surface area (Å²) in [6.45, 7) is 4.72. The molecule has 0 aliphatic carbocycles. The number of hydrogen-bond donors (Lipinski definition) is 0. The van der Waals surface area contributed by atoms with Crippen LogP contribution in [0, 0.1) is 5.92 Å². The second kappa shape index (κ2) is 4.66. The Kier molecular flexibility index (Phi) is 4.14. The number of halogens is 1. The molecule has 0 N–H and O–H groups in total. The predicted molar refractivity (Wildman–Crippen MR) is 57.0 cm³/mol. The van der Waals surface area contributed by atoms with Crippen LogP contribution >= 0.6 is 15.9 Å². The van der Waals surface area contributed by atoms with Crippen LogP contribution in [0.15, 0.2) is 0 Å². The van der Waals surface area contributed by atoms with E-state index in [0.717, 1.165) is 10.7 Å². The van der Waals surface area contributed by atoms with Gasteiger partial charge in [0.05, 0.1) is 0 Å². The quantitative estimate of drug-likeness (QED) is 0.505. The fraction of sp³-hybridized carbons (Fsp3) is 1.00. The third-order valence-electron chi connectivity index (χ3n) is 2.32. The summed E-state index contributed by atoms with van der Waals surface area (Å²) in [5, 5.41) is 0. The van der Waals surface area contributed by atoms with Gasteiger partial charge in [-0.2, -0.15) is 0 Å². The molecule has 0 atom stereocenters. The van der Waals surface area contributed by atoms with Gasteiger partial charge in [-0.3, -0.25) is 0 Å². The van der Waals surface area contributed by atoms with Gasteiger partial charge in [0.2, 0.25) is 0 Å². The zero-order valence-electron chi connectivity index (χ0n) is 7.57. The van der Waals surface area contributed by atoms with Crippen LogP contribution in [0.3, 0.4) is 0 Å². The second-order valence-electron chi connectivity index (χ2n) is 4.02. The summed E-state index contributed by atoms with van der Waals surface area (Å²) in [5.41, 5.74) is 0. The smallest absolute Gasteiger partial charge is 0.0482 e. The Labute approximate surface area is 80.5 Å². The van der Waals surface area contributed by atoms with Crippen molar-refractivity contribution in [3.05, 3.63) is 0 Å². The molecule has 0 nitrogen and oxygen atoms in total. The highest BCUT2D eigenvalue weighted by molar-refractivity contribution is 9.09. The largest absolute Gasteiger partial charge is 0.0891 e. The summed E-state index contributed by atoms with van der Waals surface area (Å²) >= 11 is 3.70. The lowest BCUT2D eigenvalue weighted by Crippen LogP contribution is -2.22. The molecule has 2 heteroatoms. The molecule has 0 aromatic carbocycles. The number of rotatable bonds is 2. The summed E-state index contributed by atoms with van der Waals surface area (Å²) < 4.78 is 0. The maximum Gasteiger partial charge on any atom is 0.0482 e. The van der Waals surface area contributed by atoms with Crippen molar-refractivity contribution in [2.75, 3.05) is 0 Å². The highest BCUT2D eigenvalue weighted by atomic mass is 79.9. The fourth-order valence-electron chi connectivity index (χ4n) is 1.77. The van der Waals surface area contributed by atoms with Gasteiger partial charge in [-0.25, -0.2) is 0 Å². The maximum atomic E-state index is 3.70. The molecular weight excluding hydrogens is 216 g/mol. The van der Waals surface area contributed by atoms with E-state index in [1.807, 2.05) is 0 Å². The molecule has 1 radical (unpaired) electrons. The molecule has 65 valence electrons. The molecule has 1 aliphatic rings. The van der Waals surface area contributed by atoms with Gasteiger partial charge in [0, 0.05) is 13.6 Å². The first-order chi connectivity index (χ1) is 5.18. The Morgan fingerprint density at radius 3 is 2.36 bits per heavy atom. The van der Waals surface area contributed by atoms with Gasteiger partial charge in [-0.05, 0) is 18.8 Å². The van der Waals surface area contributed by atoms with E-state index in [-0.39, 0.29) is 8.80 Å². The average Bonchev–Trinajstić information content (AvgIpc) is 1.93. The van der Waals surface area contributed by atoms with Crippen LogP contribution in [0.4, 0.5) is 0 Å². The topological polar surface area (TPSA) is 0 Å². The monoisotopic (exact) mass is 233 g/mol. The lowest BCUT2D eigenvalue weighted by Gasteiger charge is -2.24. The van der Waals surface area contributed by atoms with Gasteiger partial charge >= 0.3 is 0 Å². The van der Waals surface area contributed by atoms with E-state index in [1.165, 1.54) is 12.8 Å². The molecule has 0 spiro atoms. The Balaban J connectivity index is 2.17. The highest BCUT2D eigenvalue weighted by Crippen LogP contribution is 2.28. The Hall–Kier alpha value is 0.697. The van der Waals surface area contributed by atoms with Crippen molar-refractivity contribution in [3.63, 3.8) is 0 Å². The van der Waals surface area contributed by atoms with Crippen molar-refractivity contribution in [2.24, 2.45) is 5.92 Å². The van der Waals surface area contributed by atoms with Crippen molar-refractivity contribution in [1.29, 1.82) is 0 Å². The van der Waals surface area contributed by atoms with E-state index in [0.29, 0.717) is 0 Å². The summed E-state index contributed by atoms with van der Waals surface area (Å²) in [4.78, 5) is 0.850. The molecule has 1 heterocycles. The third kappa shape index (κ3) is 3.75. The number of alkyl halides is 1. The summed E-state index contributed by atoms with van der Waals surface area (Å²) in [6.07, 6.45) is 2.89. The van der Waals surface area contributed by atoms with Crippen LogP contribution in [-0.4, -0.2) is 13.6 Å². The third-order valence-corrected chi connectivity index (χ3v) is 6.62. The Morgan fingerprint density at radius 1 is 1.36 bits per heavy atom. The molecule has 0 saturated carbocycles. The van der Waals surface area contributed by atoms with Gasteiger partial charge in [0.25, 0.3) is 0 Å². The van der Waals surface area contributed by atoms with Crippen molar-refractivity contribution < 1.29 is 0 Å². The normalized spacial score (nSPS) is 22.9. The van der Waals surface area contributed by atoms with E-state index < -0.39 is 0 Å². The second-order valence-corrected chi connectivity index (χ2v) is 8.23. The van der Waals surface area contributed by atoms with Gasteiger partial charge in [-0.1, -0.05) is 47.9 Å².